The zero-order valence-electron chi connectivity index (χ0n) is 14.0. The molecule has 0 bridgehead atoms. The van der Waals surface area contributed by atoms with Crippen LogP contribution in [0, 0.1) is 11.8 Å². The summed E-state index contributed by atoms with van der Waals surface area (Å²) in [5.74, 6) is 6.43. The van der Waals surface area contributed by atoms with Crippen molar-refractivity contribution in [3.05, 3.63) is 48.0 Å². The van der Waals surface area contributed by atoms with Crippen molar-refractivity contribution in [1.82, 2.24) is 10.2 Å². The van der Waals surface area contributed by atoms with Crippen LogP contribution in [0.5, 0.6) is 0 Å². The Hall–Kier alpha value is -2.42. The molecule has 0 aliphatic heterocycles. The van der Waals surface area contributed by atoms with Crippen LogP contribution in [0.25, 0.3) is 0 Å². The van der Waals surface area contributed by atoms with E-state index >= 15 is 0 Å². The Morgan fingerprint density at radius 3 is 2.54 bits per heavy atom. The van der Waals surface area contributed by atoms with Crippen molar-refractivity contribution in [2.45, 2.75) is 19.0 Å². The number of nitrogens with one attached hydrogen (secondary N) is 1. The summed E-state index contributed by atoms with van der Waals surface area (Å²) in [4.78, 5) is 6.15. The first-order valence-corrected chi connectivity index (χ1v) is 7.57. The van der Waals surface area contributed by atoms with E-state index in [-0.39, 0.29) is 0 Å². The molecule has 0 fully saturated rings. The molecule has 0 aromatic heterocycles. The topological polar surface area (TPSA) is 27.6 Å². The molecule has 1 rings (SSSR count). The van der Waals surface area contributed by atoms with Gasteiger partial charge in [-0.2, -0.15) is 13.2 Å². The predicted octanol–water partition coefficient (Wildman–Crippen LogP) is 3.53. The summed E-state index contributed by atoms with van der Waals surface area (Å²) in [5.41, 5.74) is -0.133. The van der Waals surface area contributed by atoms with Crippen molar-refractivity contribution < 1.29 is 13.2 Å². The van der Waals surface area contributed by atoms with Gasteiger partial charge in [0.1, 0.15) is 0 Å². The van der Waals surface area contributed by atoms with E-state index in [0.29, 0.717) is 12.1 Å². The molecule has 0 amide bonds. The molecule has 0 unspecified atom stereocenters. The van der Waals surface area contributed by atoms with Crippen molar-refractivity contribution in [3.8, 4) is 11.8 Å². The van der Waals surface area contributed by atoms with E-state index < -0.39 is 11.7 Å². The average Bonchev–Trinajstić information content (AvgIpc) is 2.54. The molecule has 1 aromatic carbocycles. The Morgan fingerprint density at radius 2 is 2.00 bits per heavy atom. The van der Waals surface area contributed by atoms with Gasteiger partial charge in [-0.25, -0.2) is 0 Å². The van der Waals surface area contributed by atoms with E-state index in [2.05, 4.69) is 28.7 Å². The highest BCUT2D eigenvalue weighted by molar-refractivity contribution is 5.79. The monoisotopic (exact) mass is 337 g/mol. The molecule has 6 heteroatoms. The largest absolute Gasteiger partial charge is 0.416 e. The molecule has 0 saturated carbocycles. The molecule has 0 radical (unpaired) electrons. The predicted molar refractivity (Wildman–Crippen MR) is 91.7 cm³/mol. The van der Waals surface area contributed by atoms with Crippen LogP contribution < -0.4 is 5.32 Å². The molecule has 0 heterocycles. The summed E-state index contributed by atoms with van der Waals surface area (Å²) in [5, 5.41) is 3.10. The van der Waals surface area contributed by atoms with Crippen LogP contribution in [0.1, 0.15) is 24.0 Å². The first kappa shape index (κ1) is 19.6. The van der Waals surface area contributed by atoms with Gasteiger partial charge in [0.2, 0.25) is 0 Å². The fourth-order valence-corrected chi connectivity index (χ4v) is 1.98. The number of hydrogen-bond acceptors (Lipinski definition) is 1. The van der Waals surface area contributed by atoms with E-state index in [9.17, 15) is 13.2 Å². The molecule has 24 heavy (non-hydrogen) atoms. The Kier molecular flexibility index (Phi) is 7.90. The van der Waals surface area contributed by atoms with Gasteiger partial charge in [-0.15, -0.1) is 6.58 Å². The summed E-state index contributed by atoms with van der Waals surface area (Å²) in [6.07, 6.45) is -0.525. The summed E-state index contributed by atoms with van der Waals surface area (Å²) in [6.45, 7) is 4.89. The zero-order chi connectivity index (χ0) is 18.0. The van der Waals surface area contributed by atoms with Gasteiger partial charge in [0.15, 0.2) is 5.96 Å². The maximum atomic E-state index is 12.5. The van der Waals surface area contributed by atoms with Crippen LogP contribution >= 0.6 is 0 Å². The van der Waals surface area contributed by atoms with Gasteiger partial charge in [-0.1, -0.05) is 17.9 Å². The fourth-order valence-electron chi connectivity index (χ4n) is 1.98. The Bertz CT molecular complexity index is 607. The molecule has 0 atom stereocenters. The number of rotatable bonds is 5. The molecular formula is C18H22F3N3. The first-order chi connectivity index (χ1) is 11.4. The number of unbranched alkanes of at least 4 members (excludes halogenated alkanes) is 1. The highest BCUT2D eigenvalue weighted by atomic mass is 19.4. The van der Waals surface area contributed by atoms with Gasteiger partial charge in [0.25, 0.3) is 0 Å². The third-order valence-electron chi connectivity index (χ3n) is 3.25. The summed E-state index contributed by atoms with van der Waals surface area (Å²) in [6, 6.07) is 4.80. The van der Waals surface area contributed by atoms with Crippen molar-refractivity contribution in [3.63, 3.8) is 0 Å². The van der Waals surface area contributed by atoms with Crippen LogP contribution in [0.2, 0.25) is 0 Å². The van der Waals surface area contributed by atoms with E-state index in [1.807, 2.05) is 18.0 Å². The van der Waals surface area contributed by atoms with Gasteiger partial charge in [0.05, 0.1) is 12.1 Å². The minimum absolute atomic E-state index is 0.361. The van der Waals surface area contributed by atoms with Crippen molar-refractivity contribution in [2.75, 3.05) is 27.2 Å². The maximum Gasteiger partial charge on any atom is 0.416 e. The number of guanidine groups is 1. The quantitative estimate of drug-likeness (QED) is 0.293. The molecule has 1 aromatic rings. The van der Waals surface area contributed by atoms with Crippen molar-refractivity contribution in [1.29, 1.82) is 0 Å². The van der Waals surface area contributed by atoms with Crippen LogP contribution in [0.4, 0.5) is 13.2 Å². The van der Waals surface area contributed by atoms with Crippen LogP contribution in [0.3, 0.4) is 0 Å². The highest BCUT2D eigenvalue weighted by Crippen LogP contribution is 2.28. The van der Waals surface area contributed by atoms with E-state index in [1.54, 1.807) is 7.05 Å². The molecular weight excluding hydrogens is 315 g/mol. The van der Waals surface area contributed by atoms with Gasteiger partial charge in [-0.3, -0.25) is 4.99 Å². The molecule has 3 nitrogen and oxygen atoms in total. The number of nitrogens with zero attached hydrogens (tertiary/aromatic N) is 2. The molecule has 1 N–H and O–H groups in total. The molecule has 0 aliphatic carbocycles. The minimum atomic E-state index is -4.32. The molecule has 0 aliphatic rings. The van der Waals surface area contributed by atoms with E-state index in [0.717, 1.165) is 37.5 Å². The van der Waals surface area contributed by atoms with Crippen molar-refractivity contribution >= 4 is 5.96 Å². The number of benzene rings is 1. The Labute approximate surface area is 141 Å². The Morgan fingerprint density at radius 1 is 1.33 bits per heavy atom. The second-order valence-electron chi connectivity index (χ2n) is 5.13. The summed E-state index contributed by atoms with van der Waals surface area (Å²) >= 11 is 0. The zero-order valence-corrected chi connectivity index (χ0v) is 14.0. The lowest BCUT2D eigenvalue weighted by Gasteiger charge is -2.20. The number of allylic oxidation sites excluding steroid dienone is 1. The lowest BCUT2D eigenvalue weighted by Crippen LogP contribution is -2.39. The fraction of sp³-hybridized carbons (Fsp3) is 0.389. The average molecular weight is 337 g/mol. The normalized spacial score (nSPS) is 11.5. The van der Waals surface area contributed by atoms with Crippen LogP contribution in [-0.2, 0) is 6.18 Å². The summed E-state index contributed by atoms with van der Waals surface area (Å²) in [7, 11) is 3.62. The van der Waals surface area contributed by atoms with Crippen LogP contribution in [0.15, 0.2) is 41.9 Å². The Balaban J connectivity index is 2.52. The number of aliphatic imine (C=N–C) groups is 1. The second-order valence-corrected chi connectivity index (χ2v) is 5.13. The second kappa shape index (κ2) is 9.66. The number of hydrogen-bond donors (Lipinski definition) is 1. The first-order valence-electron chi connectivity index (χ1n) is 7.57. The summed E-state index contributed by atoms with van der Waals surface area (Å²) < 4.78 is 37.4. The lowest BCUT2D eigenvalue weighted by molar-refractivity contribution is -0.137. The van der Waals surface area contributed by atoms with Gasteiger partial charge in [0, 0.05) is 26.2 Å². The van der Waals surface area contributed by atoms with E-state index in [1.165, 1.54) is 12.1 Å². The molecule has 130 valence electrons. The third-order valence-corrected chi connectivity index (χ3v) is 3.25. The minimum Gasteiger partial charge on any atom is -0.346 e. The smallest absolute Gasteiger partial charge is 0.346 e. The van der Waals surface area contributed by atoms with Gasteiger partial charge >= 0.3 is 6.18 Å². The van der Waals surface area contributed by atoms with Gasteiger partial charge < -0.3 is 10.2 Å². The van der Waals surface area contributed by atoms with Gasteiger partial charge in [-0.05, 0) is 37.1 Å². The lowest BCUT2D eigenvalue weighted by atomic mass is 10.1. The van der Waals surface area contributed by atoms with Crippen LogP contribution in [-0.4, -0.2) is 38.0 Å². The third kappa shape index (κ3) is 6.78. The standard InChI is InChI=1S/C18H22F3N3/c1-4-5-6-14-24(3)17(22-2)23-13-7-8-15-9-11-16(12-10-15)18(19,20)21/h4,9-12H,1,5-6,13-14H2,2-3H3,(H,22,23). The SMILES string of the molecule is C=CCCCN(C)C(=NC)NCC#Cc1ccc(C(F)(F)F)cc1. The molecule has 0 spiro atoms. The van der Waals surface area contributed by atoms with Crippen molar-refractivity contribution in [2.24, 2.45) is 4.99 Å². The van der Waals surface area contributed by atoms with E-state index in [4.69, 9.17) is 0 Å². The highest BCUT2D eigenvalue weighted by Gasteiger charge is 2.29. The number of halogens is 3. The number of alkyl halides is 3. The molecule has 0 saturated heterocycles. The maximum absolute atomic E-state index is 12.5.